The van der Waals surface area contributed by atoms with Crippen LogP contribution in [0.2, 0.25) is 0 Å². The van der Waals surface area contributed by atoms with Crippen LogP contribution in [0.25, 0.3) is 0 Å². The average molecular weight is 372 g/mol. The molecule has 1 heterocycles. The minimum atomic E-state index is -0.778. The van der Waals surface area contributed by atoms with Crippen molar-refractivity contribution in [2.75, 3.05) is 13.2 Å². The highest BCUT2D eigenvalue weighted by Gasteiger charge is 2.52. The number of ketones is 1. The van der Waals surface area contributed by atoms with Gasteiger partial charge in [0, 0.05) is 12.1 Å². The lowest BCUT2D eigenvalue weighted by Crippen LogP contribution is -2.44. The molecule has 3 amide bonds. The highest BCUT2D eigenvalue weighted by atomic mass is 16.5. The van der Waals surface area contributed by atoms with E-state index in [9.17, 15) is 19.2 Å². The first-order valence-electron chi connectivity index (χ1n) is 9.22. The lowest BCUT2D eigenvalue weighted by Gasteiger charge is -2.19. The lowest BCUT2D eigenvalue weighted by molar-refractivity contribution is -0.143. The number of carbonyl (C=O) groups is 4. The van der Waals surface area contributed by atoms with Crippen LogP contribution in [0.3, 0.4) is 0 Å². The van der Waals surface area contributed by atoms with E-state index < -0.39 is 17.5 Å². The fourth-order valence-electron chi connectivity index (χ4n) is 3.73. The highest BCUT2D eigenvalue weighted by molar-refractivity contribution is 6.07. The first-order valence-corrected chi connectivity index (χ1v) is 9.22. The molecule has 1 aromatic carbocycles. The van der Waals surface area contributed by atoms with Crippen LogP contribution in [-0.2, 0) is 14.3 Å². The normalized spacial score (nSPS) is 18.1. The lowest BCUT2D eigenvalue weighted by atomic mass is 9.98. The number of Topliss-reactive ketones (excluding diaryl/α,β-unsaturated/α-hetero) is 1. The number of ether oxygens (including phenoxy) is 1. The first-order chi connectivity index (χ1) is 12.8. The fraction of sp³-hybridized carbons (Fsp3) is 0.500. The molecule has 7 nitrogen and oxygen atoms in total. The standard InChI is InChI=1S/C20H24N2O5/c1-13-5-6-14(2)15(11-13)16(23)12-27-17(24)7-10-22-18(25)20(21-19(22)26)8-3-4-9-20/h5-6,11H,3-4,7-10,12H2,1-2H3,(H,21,26). The summed E-state index contributed by atoms with van der Waals surface area (Å²) in [6, 6.07) is 5.06. The van der Waals surface area contributed by atoms with Crippen molar-refractivity contribution >= 4 is 23.7 Å². The van der Waals surface area contributed by atoms with Crippen molar-refractivity contribution in [2.24, 2.45) is 0 Å². The Hall–Kier alpha value is -2.70. The molecule has 1 spiro atoms. The number of nitrogens with zero attached hydrogens (tertiary/aromatic N) is 1. The molecule has 7 heteroatoms. The number of urea groups is 1. The van der Waals surface area contributed by atoms with Crippen LogP contribution in [0.5, 0.6) is 0 Å². The Morgan fingerprint density at radius 3 is 2.59 bits per heavy atom. The van der Waals surface area contributed by atoms with Crippen LogP contribution in [0.15, 0.2) is 18.2 Å². The maximum Gasteiger partial charge on any atom is 0.325 e. The maximum atomic E-state index is 12.5. The first kappa shape index (κ1) is 19.1. The number of hydrogen-bond donors (Lipinski definition) is 1. The number of imide groups is 1. The number of rotatable bonds is 6. The van der Waals surface area contributed by atoms with Crippen molar-refractivity contribution in [1.82, 2.24) is 10.2 Å². The molecule has 1 aliphatic carbocycles. The second-order valence-electron chi connectivity index (χ2n) is 7.33. The van der Waals surface area contributed by atoms with Gasteiger partial charge in [0.25, 0.3) is 5.91 Å². The third kappa shape index (κ3) is 3.86. The Morgan fingerprint density at radius 1 is 1.19 bits per heavy atom. The van der Waals surface area contributed by atoms with E-state index in [1.54, 1.807) is 6.07 Å². The number of hydrogen-bond acceptors (Lipinski definition) is 5. The van der Waals surface area contributed by atoms with Gasteiger partial charge in [-0.3, -0.25) is 19.3 Å². The topological polar surface area (TPSA) is 92.8 Å². The van der Waals surface area contributed by atoms with Crippen molar-refractivity contribution in [3.63, 3.8) is 0 Å². The summed E-state index contributed by atoms with van der Waals surface area (Å²) >= 11 is 0. The van der Waals surface area contributed by atoms with Crippen LogP contribution in [0.4, 0.5) is 4.79 Å². The molecule has 27 heavy (non-hydrogen) atoms. The van der Waals surface area contributed by atoms with Crippen LogP contribution in [0, 0.1) is 13.8 Å². The summed E-state index contributed by atoms with van der Waals surface area (Å²) in [6.07, 6.45) is 2.96. The van der Waals surface area contributed by atoms with Gasteiger partial charge in [-0.05, 0) is 38.3 Å². The summed E-state index contributed by atoms with van der Waals surface area (Å²) in [7, 11) is 0. The average Bonchev–Trinajstić information content (AvgIpc) is 3.19. The smallest absolute Gasteiger partial charge is 0.325 e. The molecule has 1 saturated heterocycles. The Bertz CT molecular complexity index is 796. The van der Waals surface area contributed by atoms with E-state index in [2.05, 4.69) is 5.32 Å². The molecule has 0 aromatic heterocycles. The minimum absolute atomic E-state index is 0.0388. The molecule has 1 N–H and O–H groups in total. The Kier molecular flexibility index (Phi) is 5.30. The summed E-state index contributed by atoms with van der Waals surface area (Å²) in [6.45, 7) is 3.32. The highest BCUT2D eigenvalue weighted by Crippen LogP contribution is 2.35. The second-order valence-corrected chi connectivity index (χ2v) is 7.33. The molecule has 0 bridgehead atoms. The molecule has 3 rings (SSSR count). The van der Waals surface area contributed by atoms with Crippen molar-refractivity contribution in [3.8, 4) is 0 Å². The molecule has 1 aliphatic heterocycles. The molecule has 0 atom stereocenters. The van der Waals surface area contributed by atoms with Gasteiger partial charge in [-0.25, -0.2) is 4.79 Å². The summed E-state index contributed by atoms with van der Waals surface area (Å²) in [4.78, 5) is 49.9. The van der Waals surface area contributed by atoms with Gasteiger partial charge in [-0.15, -0.1) is 0 Å². The number of aryl methyl sites for hydroxylation is 2. The van der Waals surface area contributed by atoms with E-state index in [0.717, 1.165) is 28.9 Å². The number of benzene rings is 1. The predicted octanol–water partition coefficient (Wildman–Crippen LogP) is 2.28. The summed E-state index contributed by atoms with van der Waals surface area (Å²) in [5, 5.41) is 2.77. The van der Waals surface area contributed by atoms with E-state index in [1.807, 2.05) is 26.0 Å². The van der Waals surface area contributed by atoms with Crippen molar-refractivity contribution < 1.29 is 23.9 Å². The molecule has 0 radical (unpaired) electrons. The number of carbonyl (C=O) groups excluding carboxylic acids is 4. The van der Waals surface area contributed by atoms with Crippen LogP contribution in [-0.4, -0.2) is 47.3 Å². The zero-order chi connectivity index (χ0) is 19.6. The van der Waals surface area contributed by atoms with E-state index >= 15 is 0 Å². The Morgan fingerprint density at radius 2 is 1.89 bits per heavy atom. The number of amides is 3. The molecule has 2 aliphatic rings. The van der Waals surface area contributed by atoms with Gasteiger partial charge >= 0.3 is 12.0 Å². The predicted molar refractivity (Wildman–Crippen MR) is 97.3 cm³/mol. The van der Waals surface area contributed by atoms with Crippen molar-refractivity contribution in [3.05, 3.63) is 34.9 Å². The van der Waals surface area contributed by atoms with Crippen LogP contribution >= 0.6 is 0 Å². The van der Waals surface area contributed by atoms with Gasteiger partial charge < -0.3 is 10.1 Å². The molecule has 1 saturated carbocycles. The van der Waals surface area contributed by atoms with Crippen LogP contribution in [0.1, 0.15) is 53.6 Å². The quantitative estimate of drug-likeness (QED) is 0.470. The van der Waals surface area contributed by atoms with Gasteiger partial charge in [0.2, 0.25) is 5.78 Å². The van der Waals surface area contributed by atoms with E-state index in [4.69, 9.17) is 4.74 Å². The molecule has 2 fully saturated rings. The van der Waals surface area contributed by atoms with E-state index in [0.29, 0.717) is 18.4 Å². The van der Waals surface area contributed by atoms with Gasteiger partial charge in [0.1, 0.15) is 5.54 Å². The summed E-state index contributed by atoms with van der Waals surface area (Å²) in [5.41, 5.74) is 1.53. The molecule has 1 aromatic rings. The SMILES string of the molecule is Cc1ccc(C)c(C(=O)COC(=O)CCN2C(=O)NC3(CCCC3)C2=O)c1. The third-order valence-corrected chi connectivity index (χ3v) is 5.30. The van der Waals surface area contributed by atoms with Crippen molar-refractivity contribution in [1.29, 1.82) is 0 Å². The van der Waals surface area contributed by atoms with E-state index in [-0.39, 0.29) is 31.3 Å². The maximum absolute atomic E-state index is 12.5. The fourth-order valence-corrected chi connectivity index (χ4v) is 3.73. The summed E-state index contributed by atoms with van der Waals surface area (Å²) in [5.74, 6) is -1.14. The van der Waals surface area contributed by atoms with Crippen LogP contribution < -0.4 is 5.32 Å². The van der Waals surface area contributed by atoms with E-state index in [1.165, 1.54) is 0 Å². The Labute approximate surface area is 158 Å². The second kappa shape index (κ2) is 7.50. The van der Waals surface area contributed by atoms with Gasteiger partial charge in [0.05, 0.1) is 6.42 Å². The zero-order valence-electron chi connectivity index (χ0n) is 15.7. The van der Waals surface area contributed by atoms with Gasteiger partial charge in [0.15, 0.2) is 6.61 Å². The zero-order valence-corrected chi connectivity index (χ0v) is 15.7. The molecular formula is C20H24N2O5. The minimum Gasteiger partial charge on any atom is -0.457 e. The molecule has 144 valence electrons. The molecular weight excluding hydrogens is 348 g/mol. The largest absolute Gasteiger partial charge is 0.457 e. The molecule has 0 unspecified atom stereocenters. The number of nitrogens with one attached hydrogen (secondary N) is 1. The number of esters is 1. The van der Waals surface area contributed by atoms with Gasteiger partial charge in [-0.1, -0.05) is 30.5 Å². The third-order valence-electron chi connectivity index (χ3n) is 5.30. The van der Waals surface area contributed by atoms with Gasteiger partial charge in [-0.2, -0.15) is 0 Å². The Balaban J connectivity index is 1.50. The summed E-state index contributed by atoms with van der Waals surface area (Å²) < 4.78 is 5.04. The monoisotopic (exact) mass is 372 g/mol. The van der Waals surface area contributed by atoms with Crippen molar-refractivity contribution in [2.45, 2.75) is 51.5 Å².